The fourth-order valence-corrected chi connectivity index (χ4v) is 2.83. The second-order valence-corrected chi connectivity index (χ2v) is 5.73. The molecule has 1 amide bonds. The Morgan fingerprint density at radius 1 is 1.37 bits per heavy atom. The van der Waals surface area contributed by atoms with Crippen molar-refractivity contribution in [1.29, 1.82) is 5.26 Å². The lowest BCUT2D eigenvalue weighted by atomic mass is 10.1. The molecule has 0 aliphatic carbocycles. The van der Waals surface area contributed by atoms with Gasteiger partial charge in [0.15, 0.2) is 11.9 Å². The van der Waals surface area contributed by atoms with Gasteiger partial charge < -0.3 is 15.3 Å². The van der Waals surface area contributed by atoms with E-state index in [0.29, 0.717) is 17.2 Å². The van der Waals surface area contributed by atoms with Gasteiger partial charge >= 0.3 is 0 Å². The number of rotatable bonds is 3. The van der Waals surface area contributed by atoms with Crippen LogP contribution in [0.25, 0.3) is 0 Å². The van der Waals surface area contributed by atoms with Crippen LogP contribution in [-0.4, -0.2) is 37.3 Å². The van der Waals surface area contributed by atoms with Crippen molar-refractivity contribution < 1.29 is 14.3 Å². The van der Waals surface area contributed by atoms with Crippen molar-refractivity contribution in [2.24, 2.45) is 0 Å². The summed E-state index contributed by atoms with van der Waals surface area (Å²) in [6.07, 6.45) is 1.41. The summed E-state index contributed by atoms with van der Waals surface area (Å²) < 4.78 is 14.2. The van der Waals surface area contributed by atoms with Gasteiger partial charge in [-0.25, -0.2) is 19.0 Å². The molecule has 134 valence electrons. The van der Waals surface area contributed by atoms with E-state index in [2.05, 4.69) is 20.4 Å². The van der Waals surface area contributed by atoms with Gasteiger partial charge in [0.05, 0.1) is 6.20 Å². The molecular weight excluding hydrogens is 353 g/mol. The van der Waals surface area contributed by atoms with Gasteiger partial charge in [0, 0.05) is 17.8 Å². The Bertz CT molecular complexity index is 1060. The Balaban J connectivity index is 1.67. The average Bonchev–Trinajstić information content (AvgIpc) is 3.12. The lowest BCUT2D eigenvalue weighted by Gasteiger charge is -2.32. The summed E-state index contributed by atoms with van der Waals surface area (Å²) in [4.78, 5) is 22.0. The molecule has 0 fully saturated rings. The molecule has 0 bridgehead atoms. The Labute approximate surface area is 152 Å². The Kier molecular flexibility index (Phi) is 3.98. The van der Waals surface area contributed by atoms with Gasteiger partial charge in [-0.2, -0.15) is 10.4 Å². The number of hydrogen-bond donors (Lipinski definition) is 2. The molecule has 4 heterocycles. The molecule has 0 radical (unpaired) electrons. The smallest absolute Gasteiger partial charge is 0.245 e. The highest BCUT2D eigenvalue weighted by Gasteiger charge is 2.32. The van der Waals surface area contributed by atoms with E-state index in [4.69, 9.17) is 5.26 Å². The summed E-state index contributed by atoms with van der Waals surface area (Å²) in [6, 6.07) is 9.23. The molecule has 27 heavy (non-hydrogen) atoms. The number of nitrogens with zero attached hydrogens (tertiary/aromatic N) is 6. The summed E-state index contributed by atoms with van der Waals surface area (Å²) in [7, 11) is 0. The molecule has 9 nitrogen and oxygen atoms in total. The van der Waals surface area contributed by atoms with Crippen LogP contribution in [0.4, 0.5) is 21.8 Å². The minimum atomic E-state index is -1.12. The number of carbonyl (C=O) groups excluding carboxylic acids is 1. The third kappa shape index (κ3) is 2.96. The number of aromatic nitrogens is 4. The molecule has 1 aliphatic heterocycles. The summed E-state index contributed by atoms with van der Waals surface area (Å²) >= 11 is 0. The van der Waals surface area contributed by atoms with E-state index in [-0.39, 0.29) is 18.1 Å². The molecule has 1 atom stereocenters. The number of aliphatic hydroxyl groups excluding tert-OH is 1. The average molecular weight is 365 g/mol. The van der Waals surface area contributed by atoms with Crippen molar-refractivity contribution in [3.63, 3.8) is 0 Å². The van der Waals surface area contributed by atoms with Crippen LogP contribution in [0.5, 0.6) is 0 Å². The summed E-state index contributed by atoms with van der Waals surface area (Å²) in [5.74, 6) is -0.0140. The number of anilines is 3. The summed E-state index contributed by atoms with van der Waals surface area (Å²) in [5.41, 5.74) is 0.549. The van der Waals surface area contributed by atoms with Gasteiger partial charge in [-0.15, -0.1) is 0 Å². The first kappa shape index (κ1) is 16.6. The SMILES string of the molecule is N#Cc1cc2n(n1)C(O)c1cccnc1N2CC(=O)Nc1ccc(F)cn1. The van der Waals surface area contributed by atoms with E-state index in [1.165, 1.54) is 34.0 Å². The van der Waals surface area contributed by atoms with Crippen molar-refractivity contribution in [2.75, 3.05) is 16.8 Å². The molecular formula is C17H12FN7O2. The number of pyridine rings is 2. The Morgan fingerprint density at radius 2 is 2.22 bits per heavy atom. The van der Waals surface area contributed by atoms with Crippen LogP contribution in [-0.2, 0) is 4.79 Å². The maximum Gasteiger partial charge on any atom is 0.245 e. The molecule has 0 spiro atoms. The third-order valence-electron chi connectivity index (χ3n) is 3.99. The van der Waals surface area contributed by atoms with Crippen LogP contribution in [0, 0.1) is 17.1 Å². The highest BCUT2D eigenvalue weighted by molar-refractivity contribution is 5.94. The number of nitriles is 1. The number of carbonyl (C=O) groups is 1. The zero-order valence-electron chi connectivity index (χ0n) is 13.7. The van der Waals surface area contributed by atoms with Gasteiger partial charge in [-0.05, 0) is 24.3 Å². The second-order valence-electron chi connectivity index (χ2n) is 5.73. The lowest BCUT2D eigenvalue weighted by molar-refractivity contribution is -0.114. The van der Waals surface area contributed by atoms with Crippen molar-refractivity contribution in [3.8, 4) is 6.07 Å². The molecule has 10 heteroatoms. The number of halogens is 1. The molecule has 2 N–H and O–H groups in total. The summed E-state index contributed by atoms with van der Waals surface area (Å²) in [5, 5.41) is 26.2. The second kappa shape index (κ2) is 6.47. The molecule has 3 aromatic rings. The van der Waals surface area contributed by atoms with Gasteiger partial charge in [0.25, 0.3) is 0 Å². The first-order valence-electron chi connectivity index (χ1n) is 7.88. The number of nitrogens with one attached hydrogen (secondary N) is 1. The van der Waals surface area contributed by atoms with Gasteiger partial charge in [-0.3, -0.25) is 4.79 Å². The quantitative estimate of drug-likeness (QED) is 0.718. The van der Waals surface area contributed by atoms with E-state index in [1.54, 1.807) is 12.1 Å². The molecule has 3 aromatic heterocycles. The van der Waals surface area contributed by atoms with Crippen molar-refractivity contribution in [1.82, 2.24) is 19.7 Å². The molecule has 4 rings (SSSR count). The molecule has 1 unspecified atom stereocenters. The first-order valence-corrected chi connectivity index (χ1v) is 7.88. The van der Waals surface area contributed by atoms with Crippen molar-refractivity contribution in [3.05, 3.63) is 59.8 Å². The minimum absolute atomic E-state index is 0.0995. The molecule has 0 saturated carbocycles. The predicted octanol–water partition coefficient (Wildman–Crippen LogP) is 1.31. The van der Waals surface area contributed by atoms with Crippen LogP contribution in [0.15, 0.2) is 42.7 Å². The molecule has 0 saturated heterocycles. The van der Waals surface area contributed by atoms with E-state index >= 15 is 0 Å². The maximum absolute atomic E-state index is 12.9. The molecule has 0 aromatic carbocycles. The van der Waals surface area contributed by atoms with Crippen LogP contribution in [0.2, 0.25) is 0 Å². The van der Waals surface area contributed by atoms with Crippen LogP contribution >= 0.6 is 0 Å². The fourth-order valence-electron chi connectivity index (χ4n) is 2.83. The topological polar surface area (TPSA) is 120 Å². The largest absolute Gasteiger partial charge is 0.368 e. The van der Waals surface area contributed by atoms with E-state index in [0.717, 1.165) is 6.20 Å². The standard InChI is InChI=1S/C17H12FN7O2/c18-10-3-4-13(21-8-10)22-14(26)9-24-15-6-11(7-19)23-25(15)17(27)12-2-1-5-20-16(12)24/h1-6,8,17,27H,9H2,(H,21,22,26). The zero-order valence-corrected chi connectivity index (χ0v) is 13.7. The van der Waals surface area contributed by atoms with Crippen molar-refractivity contribution in [2.45, 2.75) is 6.23 Å². The van der Waals surface area contributed by atoms with Crippen molar-refractivity contribution >= 4 is 23.4 Å². The van der Waals surface area contributed by atoms with Gasteiger partial charge in [0.1, 0.15) is 35.9 Å². The fraction of sp³-hybridized carbons (Fsp3) is 0.118. The Hall–Kier alpha value is -3.84. The van der Waals surface area contributed by atoms with Crippen LogP contribution in [0.3, 0.4) is 0 Å². The number of hydrogen-bond acceptors (Lipinski definition) is 7. The van der Waals surface area contributed by atoms with Gasteiger partial charge in [-0.1, -0.05) is 0 Å². The van der Waals surface area contributed by atoms with E-state index in [1.807, 2.05) is 6.07 Å². The minimum Gasteiger partial charge on any atom is -0.368 e. The highest BCUT2D eigenvalue weighted by atomic mass is 19.1. The number of fused-ring (bicyclic) bond motifs is 2. The summed E-state index contributed by atoms with van der Waals surface area (Å²) in [6.45, 7) is -0.174. The van der Waals surface area contributed by atoms with Gasteiger partial charge in [0.2, 0.25) is 5.91 Å². The van der Waals surface area contributed by atoms with Crippen LogP contribution < -0.4 is 10.2 Å². The zero-order chi connectivity index (χ0) is 19.0. The number of amides is 1. The van der Waals surface area contributed by atoms with Crippen LogP contribution in [0.1, 0.15) is 17.5 Å². The lowest BCUT2D eigenvalue weighted by Crippen LogP contribution is -2.36. The third-order valence-corrected chi connectivity index (χ3v) is 3.99. The van der Waals surface area contributed by atoms with E-state index in [9.17, 15) is 14.3 Å². The Morgan fingerprint density at radius 3 is 2.96 bits per heavy atom. The maximum atomic E-state index is 12.9. The molecule has 1 aliphatic rings. The van der Waals surface area contributed by atoms with E-state index < -0.39 is 18.0 Å². The highest BCUT2D eigenvalue weighted by Crippen LogP contribution is 2.38. The monoisotopic (exact) mass is 365 g/mol. The normalized spacial score (nSPS) is 14.9. The number of aliphatic hydroxyl groups is 1. The predicted molar refractivity (Wildman–Crippen MR) is 91.4 cm³/mol. The first-order chi connectivity index (χ1) is 13.1.